The summed E-state index contributed by atoms with van der Waals surface area (Å²) < 4.78 is 5.18. The predicted molar refractivity (Wildman–Crippen MR) is 128 cm³/mol. The third kappa shape index (κ3) is 4.90. The van der Waals surface area contributed by atoms with Gasteiger partial charge in [0.05, 0.1) is 22.0 Å². The number of thiophene rings is 1. The number of amides is 1. The Balaban J connectivity index is 2.11. The van der Waals surface area contributed by atoms with Crippen molar-refractivity contribution in [2.24, 2.45) is 0 Å². The molecule has 0 aliphatic heterocycles. The lowest BCUT2D eigenvalue weighted by atomic mass is 10.0. The Labute approximate surface area is 202 Å². The molecule has 0 aliphatic carbocycles. The zero-order chi connectivity index (χ0) is 25.2. The third-order valence-electron chi connectivity index (χ3n) is 4.93. The number of carbonyl (C=O) groups excluding carboxylic acids is 2. The van der Waals surface area contributed by atoms with Gasteiger partial charge in [-0.15, -0.1) is 11.3 Å². The van der Waals surface area contributed by atoms with Gasteiger partial charge >= 0.3 is 5.97 Å². The molecule has 3 aromatic rings. The molecule has 176 valence electrons. The smallest absolute Gasteiger partial charge is 0.341 e. The molecule has 12 heteroatoms. The zero-order valence-corrected chi connectivity index (χ0v) is 19.8. The van der Waals surface area contributed by atoms with Gasteiger partial charge < -0.3 is 10.1 Å². The molecule has 0 saturated carbocycles. The summed E-state index contributed by atoms with van der Waals surface area (Å²) in [5.74, 6) is -1.52. The van der Waals surface area contributed by atoms with E-state index < -0.39 is 33.1 Å². The van der Waals surface area contributed by atoms with Crippen LogP contribution >= 0.6 is 22.9 Å². The number of rotatable bonds is 7. The fourth-order valence-electron chi connectivity index (χ4n) is 3.36. The van der Waals surface area contributed by atoms with Gasteiger partial charge in [0.2, 0.25) is 0 Å². The minimum Gasteiger partial charge on any atom is -0.462 e. The van der Waals surface area contributed by atoms with Gasteiger partial charge in [-0.1, -0.05) is 23.7 Å². The molecule has 10 nitrogen and oxygen atoms in total. The Morgan fingerprint density at radius 2 is 1.62 bits per heavy atom. The van der Waals surface area contributed by atoms with E-state index in [0.29, 0.717) is 21.0 Å². The molecule has 34 heavy (non-hydrogen) atoms. The lowest BCUT2D eigenvalue weighted by molar-refractivity contribution is -0.395. The Bertz CT molecular complexity index is 1280. The number of nitro benzene ring substituents is 2. The van der Waals surface area contributed by atoms with E-state index in [0.717, 1.165) is 23.5 Å². The van der Waals surface area contributed by atoms with Crippen molar-refractivity contribution in [3.8, 4) is 11.1 Å². The molecule has 3 rings (SSSR count). The van der Waals surface area contributed by atoms with E-state index in [1.165, 1.54) is 6.92 Å². The van der Waals surface area contributed by atoms with Gasteiger partial charge in [0.15, 0.2) is 0 Å². The average molecular weight is 504 g/mol. The molecule has 0 unspecified atom stereocenters. The molecule has 1 heterocycles. The number of anilines is 1. The van der Waals surface area contributed by atoms with Crippen molar-refractivity contribution < 1.29 is 24.2 Å². The molecular weight excluding hydrogens is 486 g/mol. The van der Waals surface area contributed by atoms with Crippen LogP contribution < -0.4 is 5.32 Å². The van der Waals surface area contributed by atoms with E-state index in [2.05, 4.69) is 5.32 Å². The van der Waals surface area contributed by atoms with E-state index in [-0.39, 0.29) is 28.3 Å². The van der Waals surface area contributed by atoms with Crippen LogP contribution in [0.3, 0.4) is 0 Å². The maximum atomic E-state index is 13.0. The maximum Gasteiger partial charge on any atom is 0.341 e. The number of nitrogens with zero attached hydrogens (tertiary/aromatic N) is 2. The van der Waals surface area contributed by atoms with Crippen LogP contribution in [0.5, 0.6) is 0 Å². The minimum absolute atomic E-state index is 0.0948. The second-order valence-electron chi connectivity index (χ2n) is 7.07. The molecule has 1 amide bonds. The number of hydrogen-bond acceptors (Lipinski definition) is 8. The second-order valence-corrected chi connectivity index (χ2v) is 8.73. The summed E-state index contributed by atoms with van der Waals surface area (Å²) in [7, 11) is 0. The lowest BCUT2D eigenvalue weighted by Crippen LogP contribution is -2.15. The fraction of sp³-hybridized carbons (Fsp3) is 0.182. The topological polar surface area (TPSA) is 142 Å². The summed E-state index contributed by atoms with van der Waals surface area (Å²) in [5.41, 5.74) is -0.271. The Kier molecular flexibility index (Phi) is 7.28. The van der Waals surface area contributed by atoms with Crippen molar-refractivity contribution in [1.82, 2.24) is 0 Å². The molecule has 0 atom stereocenters. The summed E-state index contributed by atoms with van der Waals surface area (Å²) in [6.45, 7) is 4.73. The van der Waals surface area contributed by atoms with Crippen LogP contribution in [0.1, 0.15) is 38.1 Å². The normalized spacial score (nSPS) is 10.6. The summed E-state index contributed by atoms with van der Waals surface area (Å²) in [6, 6.07) is 8.68. The summed E-state index contributed by atoms with van der Waals surface area (Å²) in [4.78, 5) is 47.6. The summed E-state index contributed by atoms with van der Waals surface area (Å²) in [5, 5.41) is 25.9. The van der Waals surface area contributed by atoms with E-state index in [4.69, 9.17) is 16.3 Å². The van der Waals surface area contributed by atoms with E-state index >= 15 is 0 Å². The predicted octanol–water partition coefficient (Wildman–Crippen LogP) is 5.93. The first-order valence-electron chi connectivity index (χ1n) is 9.86. The van der Waals surface area contributed by atoms with Crippen LogP contribution in [0.2, 0.25) is 5.02 Å². The number of ether oxygens (including phenoxy) is 1. The standard InChI is InChI=1S/C22H18ClN3O7S/c1-4-33-22(28)19-18(13-5-7-15(23)8-6-13)12(3)34-21(19)24-20(27)14-9-16(25(29)30)11(2)17(10-14)26(31)32/h5-10H,4H2,1-3H3,(H,24,27). The monoisotopic (exact) mass is 503 g/mol. The van der Waals surface area contributed by atoms with E-state index in [1.807, 2.05) is 0 Å². The fourth-order valence-corrected chi connectivity index (χ4v) is 4.55. The van der Waals surface area contributed by atoms with Crippen LogP contribution in [0.15, 0.2) is 36.4 Å². The van der Waals surface area contributed by atoms with E-state index in [1.54, 1.807) is 38.1 Å². The molecule has 0 bridgehead atoms. The Morgan fingerprint density at radius 1 is 1.06 bits per heavy atom. The summed E-state index contributed by atoms with van der Waals surface area (Å²) in [6.07, 6.45) is 0. The maximum absolute atomic E-state index is 13.0. The summed E-state index contributed by atoms with van der Waals surface area (Å²) >= 11 is 7.08. The highest BCUT2D eigenvalue weighted by Crippen LogP contribution is 2.41. The number of carbonyl (C=O) groups is 2. The highest BCUT2D eigenvalue weighted by atomic mass is 35.5. The average Bonchev–Trinajstić information content (AvgIpc) is 3.09. The lowest BCUT2D eigenvalue weighted by Gasteiger charge is -2.10. The first-order chi connectivity index (χ1) is 16.0. The van der Waals surface area contributed by atoms with Crippen molar-refractivity contribution in [2.75, 3.05) is 11.9 Å². The molecule has 0 fully saturated rings. The minimum atomic E-state index is -0.847. The van der Waals surface area contributed by atoms with Crippen molar-refractivity contribution in [1.29, 1.82) is 0 Å². The number of benzene rings is 2. The molecule has 1 aromatic heterocycles. The third-order valence-corrected chi connectivity index (χ3v) is 6.20. The SMILES string of the molecule is CCOC(=O)c1c(NC(=O)c2cc([N+](=O)[O-])c(C)c([N+](=O)[O-])c2)sc(C)c1-c1ccc(Cl)cc1. The molecular formula is C22H18ClN3O7S. The van der Waals surface area contributed by atoms with Crippen molar-refractivity contribution in [3.05, 3.63) is 83.2 Å². The van der Waals surface area contributed by atoms with Gasteiger partial charge in [-0.3, -0.25) is 25.0 Å². The van der Waals surface area contributed by atoms with Crippen LogP contribution in [0.4, 0.5) is 16.4 Å². The molecule has 1 N–H and O–H groups in total. The van der Waals surface area contributed by atoms with E-state index in [9.17, 15) is 29.8 Å². The number of esters is 1. The Hall–Kier alpha value is -3.83. The van der Waals surface area contributed by atoms with Crippen molar-refractivity contribution >= 4 is 51.2 Å². The van der Waals surface area contributed by atoms with Crippen molar-refractivity contribution in [3.63, 3.8) is 0 Å². The van der Waals surface area contributed by atoms with Gasteiger partial charge in [0.25, 0.3) is 17.3 Å². The highest BCUT2D eigenvalue weighted by molar-refractivity contribution is 7.17. The van der Waals surface area contributed by atoms with Gasteiger partial charge in [-0.25, -0.2) is 4.79 Å². The van der Waals surface area contributed by atoms with Gasteiger partial charge in [-0.05, 0) is 38.5 Å². The number of nitrogens with one attached hydrogen (secondary N) is 1. The van der Waals surface area contributed by atoms with Crippen LogP contribution in [-0.2, 0) is 4.74 Å². The highest BCUT2D eigenvalue weighted by Gasteiger charge is 2.28. The number of hydrogen-bond donors (Lipinski definition) is 1. The van der Waals surface area contributed by atoms with Crippen LogP contribution in [0, 0.1) is 34.1 Å². The molecule has 0 saturated heterocycles. The number of aryl methyl sites for hydroxylation is 1. The number of halogens is 1. The van der Waals surface area contributed by atoms with Crippen LogP contribution in [0.25, 0.3) is 11.1 Å². The molecule has 0 spiro atoms. The first kappa shape index (κ1) is 24.8. The Morgan fingerprint density at radius 3 is 2.12 bits per heavy atom. The van der Waals surface area contributed by atoms with Crippen molar-refractivity contribution in [2.45, 2.75) is 20.8 Å². The first-order valence-corrected chi connectivity index (χ1v) is 11.1. The van der Waals surface area contributed by atoms with Gasteiger partial charge in [0.1, 0.15) is 16.1 Å². The molecule has 2 aromatic carbocycles. The molecule has 0 aliphatic rings. The van der Waals surface area contributed by atoms with Gasteiger partial charge in [-0.2, -0.15) is 0 Å². The molecule has 0 radical (unpaired) electrons. The van der Waals surface area contributed by atoms with Crippen LogP contribution in [-0.4, -0.2) is 28.3 Å². The zero-order valence-electron chi connectivity index (χ0n) is 18.2. The van der Waals surface area contributed by atoms with Gasteiger partial charge in [0, 0.05) is 27.6 Å². The number of nitro groups is 2. The second kappa shape index (κ2) is 9.98. The quantitative estimate of drug-likeness (QED) is 0.239. The largest absolute Gasteiger partial charge is 0.462 e.